The lowest BCUT2D eigenvalue weighted by Gasteiger charge is -2.14. The molecule has 7 rings (SSSR count). The molecule has 0 atom stereocenters. The van der Waals surface area contributed by atoms with Gasteiger partial charge in [-0.1, -0.05) is 72.8 Å². The highest BCUT2D eigenvalue weighted by Gasteiger charge is 2.21. The van der Waals surface area contributed by atoms with Crippen molar-refractivity contribution in [3.63, 3.8) is 0 Å². The number of aromatic nitrogens is 3. The smallest absolute Gasteiger partial charge is 0.166 e. The molecule has 0 saturated carbocycles. The second kappa shape index (κ2) is 7.56. The van der Waals surface area contributed by atoms with E-state index in [4.69, 9.17) is 4.98 Å². The number of hydrogen-bond donors (Lipinski definition) is 0. The van der Waals surface area contributed by atoms with E-state index < -0.39 is 0 Å². The van der Waals surface area contributed by atoms with Gasteiger partial charge in [-0.3, -0.25) is 4.57 Å². The van der Waals surface area contributed by atoms with E-state index in [2.05, 4.69) is 36.4 Å². The van der Waals surface area contributed by atoms with Gasteiger partial charge in [-0.25, -0.2) is 4.98 Å². The van der Waals surface area contributed by atoms with Crippen LogP contribution in [0.15, 0.2) is 103 Å². The van der Waals surface area contributed by atoms with Crippen molar-refractivity contribution in [2.75, 3.05) is 0 Å². The molecule has 0 spiro atoms. The molecule has 0 fully saturated rings. The summed E-state index contributed by atoms with van der Waals surface area (Å²) in [5, 5.41) is 24.8. The molecular formula is C31H17N5. The first kappa shape index (κ1) is 20.0. The van der Waals surface area contributed by atoms with Crippen LogP contribution in [0.4, 0.5) is 0 Å². The molecule has 0 N–H and O–H groups in total. The van der Waals surface area contributed by atoms with Crippen LogP contribution < -0.4 is 0 Å². The fourth-order valence-electron chi connectivity index (χ4n) is 5.33. The summed E-state index contributed by atoms with van der Waals surface area (Å²) in [6, 6.07) is 38.8. The molecule has 5 heteroatoms. The molecular weight excluding hydrogens is 442 g/mol. The van der Waals surface area contributed by atoms with Gasteiger partial charge in [0.1, 0.15) is 12.1 Å². The summed E-state index contributed by atoms with van der Waals surface area (Å²) in [7, 11) is 0. The van der Waals surface area contributed by atoms with E-state index in [1.165, 1.54) is 0 Å². The van der Waals surface area contributed by atoms with Crippen LogP contribution in [0.1, 0.15) is 11.3 Å². The molecule has 36 heavy (non-hydrogen) atoms. The maximum atomic E-state index is 10.3. The quantitative estimate of drug-likeness (QED) is 0.279. The molecule has 0 bridgehead atoms. The molecule has 7 aromatic rings. The number of nitriles is 2. The third kappa shape index (κ3) is 2.66. The van der Waals surface area contributed by atoms with E-state index in [0.717, 1.165) is 43.6 Å². The first-order chi connectivity index (χ1) is 17.8. The summed E-state index contributed by atoms with van der Waals surface area (Å²) in [5.74, 6) is 0.455. The molecule has 4 aromatic carbocycles. The molecule has 0 unspecified atom stereocenters. The molecule has 0 amide bonds. The predicted octanol–water partition coefficient (Wildman–Crippen LogP) is 7.02. The van der Waals surface area contributed by atoms with Gasteiger partial charge in [-0.15, -0.1) is 0 Å². The molecule has 0 saturated heterocycles. The Kier molecular flexibility index (Phi) is 4.21. The van der Waals surface area contributed by atoms with Gasteiger partial charge in [0.2, 0.25) is 0 Å². The van der Waals surface area contributed by atoms with E-state index in [-0.39, 0.29) is 5.69 Å². The van der Waals surface area contributed by atoms with E-state index in [9.17, 15) is 10.5 Å². The number of pyridine rings is 1. The molecule has 0 aliphatic carbocycles. The van der Waals surface area contributed by atoms with Crippen LogP contribution in [0.5, 0.6) is 0 Å². The number of nitrogens with zero attached hydrogens (tertiary/aromatic N) is 5. The fourth-order valence-corrected chi connectivity index (χ4v) is 5.33. The van der Waals surface area contributed by atoms with Gasteiger partial charge in [-0.2, -0.15) is 10.5 Å². The Bertz CT molecular complexity index is 1820. The zero-order valence-corrected chi connectivity index (χ0v) is 19.1. The third-order valence-corrected chi connectivity index (χ3v) is 6.82. The van der Waals surface area contributed by atoms with Gasteiger partial charge >= 0.3 is 0 Å². The minimum absolute atomic E-state index is 0.261. The highest BCUT2D eigenvalue weighted by molar-refractivity contribution is 6.10. The van der Waals surface area contributed by atoms with Crippen LogP contribution in [0.25, 0.3) is 55.1 Å². The van der Waals surface area contributed by atoms with Gasteiger partial charge in [0.05, 0.1) is 33.3 Å². The maximum absolute atomic E-state index is 10.3. The average Bonchev–Trinajstić information content (AvgIpc) is 3.45. The Morgan fingerprint density at radius 1 is 0.528 bits per heavy atom. The first-order valence-corrected chi connectivity index (χ1v) is 11.6. The summed E-state index contributed by atoms with van der Waals surface area (Å²) in [6.45, 7) is 0. The summed E-state index contributed by atoms with van der Waals surface area (Å²) in [5.41, 5.74) is 5.06. The molecule has 3 heterocycles. The lowest BCUT2D eigenvalue weighted by molar-refractivity contribution is 1.03. The van der Waals surface area contributed by atoms with Gasteiger partial charge in [0.25, 0.3) is 0 Å². The summed E-state index contributed by atoms with van der Waals surface area (Å²) in [6.07, 6.45) is 0. The largest absolute Gasteiger partial charge is 0.306 e. The summed E-state index contributed by atoms with van der Waals surface area (Å²) >= 11 is 0. The second-order valence-electron chi connectivity index (χ2n) is 8.69. The van der Waals surface area contributed by atoms with Crippen molar-refractivity contribution < 1.29 is 0 Å². The summed E-state index contributed by atoms with van der Waals surface area (Å²) < 4.78 is 4.02. The van der Waals surface area contributed by atoms with Gasteiger partial charge in [-0.05, 0) is 30.3 Å². The zero-order valence-electron chi connectivity index (χ0n) is 19.1. The Balaban J connectivity index is 1.60. The van der Waals surface area contributed by atoms with Crippen molar-refractivity contribution in [2.24, 2.45) is 0 Å². The van der Waals surface area contributed by atoms with Crippen molar-refractivity contribution >= 4 is 43.6 Å². The van der Waals surface area contributed by atoms with Crippen LogP contribution in [0.2, 0.25) is 0 Å². The monoisotopic (exact) mass is 459 g/mol. The molecule has 0 radical (unpaired) electrons. The number of rotatable bonds is 2. The highest BCUT2D eigenvalue weighted by Crippen LogP contribution is 2.36. The predicted molar refractivity (Wildman–Crippen MR) is 142 cm³/mol. The molecule has 3 aromatic heterocycles. The second-order valence-corrected chi connectivity index (χ2v) is 8.69. The fraction of sp³-hybridized carbons (Fsp3) is 0. The van der Waals surface area contributed by atoms with Crippen molar-refractivity contribution in [2.45, 2.75) is 0 Å². The van der Waals surface area contributed by atoms with Crippen molar-refractivity contribution in [3.8, 4) is 23.6 Å². The molecule has 0 aliphatic rings. The van der Waals surface area contributed by atoms with Crippen LogP contribution in [0, 0.1) is 22.7 Å². The third-order valence-electron chi connectivity index (χ3n) is 6.82. The van der Waals surface area contributed by atoms with Crippen molar-refractivity contribution in [1.82, 2.24) is 14.1 Å². The SMILES string of the molecule is N#Cc1cc(-n2c3ccccc3c3ccccc32)c(C#N)nc1-n1c2ccccc2c2ccccc21. The van der Waals surface area contributed by atoms with Crippen LogP contribution in [-0.4, -0.2) is 14.1 Å². The first-order valence-electron chi connectivity index (χ1n) is 11.6. The standard InChI is InChI=1S/C31H17N5/c32-18-20-17-30(35-26-13-5-1-9-21(26)22-10-2-6-14-27(22)35)25(19-33)34-31(20)36-28-15-7-3-11-23(28)24-12-4-8-16-29(24)36/h1-17H. The molecule has 166 valence electrons. The average molecular weight is 460 g/mol. The number of benzene rings is 4. The normalized spacial score (nSPS) is 11.3. The molecule has 5 nitrogen and oxygen atoms in total. The topological polar surface area (TPSA) is 70.3 Å². The van der Waals surface area contributed by atoms with Crippen molar-refractivity contribution in [3.05, 3.63) is 114 Å². The van der Waals surface area contributed by atoms with Gasteiger partial charge in [0, 0.05) is 21.5 Å². The lowest BCUT2D eigenvalue weighted by Crippen LogP contribution is -2.07. The van der Waals surface area contributed by atoms with Crippen molar-refractivity contribution in [1.29, 1.82) is 10.5 Å². The highest BCUT2D eigenvalue weighted by atomic mass is 15.1. The van der Waals surface area contributed by atoms with Crippen LogP contribution in [0.3, 0.4) is 0 Å². The van der Waals surface area contributed by atoms with E-state index in [1.807, 2.05) is 81.9 Å². The number of fused-ring (bicyclic) bond motifs is 6. The Morgan fingerprint density at radius 2 is 0.944 bits per heavy atom. The lowest BCUT2D eigenvalue weighted by atomic mass is 10.2. The minimum Gasteiger partial charge on any atom is -0.306 e. The van der Waals surface area contributed by atoms with E-state index in [0.29, 0.717) is 17.1 Å². The Morgan fingerprint density at radius 3 is 1.36 bits per heavy atom. The number of para-hydroxylation sites is 4. The van der Waals surface area contributed by atoms with E-state index in [1.54, 1.807) is 6.07 Å². The summed E-state index contributed by atoms with van der Waals surface area (Å²) in [4.78, 5) is 4.83. The van der Waals surface area contributed by atoms with Crippen LogP contribution in [-0.2, 0) is 0 Å². The van der Waals surface area contributed by atoms with Gasteiger partial charge < -0.3 is 4.57 Å². The number of hydrogen-bond acceptors (Lipinski definition) is 3. The molecule has 0 aliphatic heterocycles. The van der Waals surface area contributed by atoms with Crippen LogP contribution >= 0.6 is 0 Å². The Hall–Kier alpha value is -5.39. The zero-order chi connectivity index (χ0) is 24.2. The minimum atomic E-state index is 0.261. The Labute approximate surface area is 206 Å². The van der Waals surface area contributed by atoms with E-state index >= 15 is 0 Å². The van der Waals surface area contributed by atoms with Gasteiger partial charge in [0.15, 0.2) is 11.5 Å². The maximum Gasteiger partial charge on any atom is 0.166 e.